The van der Waals surface area contributed by atoms with Gasteiger partial charge in [-0.1, -0.05) is 36.4 Å². The number of nitrogens with zero attached hydrogens (tertiary/aromatic N) is 1. The number of carbonyl (C=O) groups excluding carboxylic acids is 1. The van der Waals surface area contributed by atoms with Gasteiger partial charge in [0.15, 0.2) is 0 Å². The summed E-state index contributed by atoms with van der Waals surface area (Å²) in [5.41, 5.74) is 5.57. The largest absolute Gasteiger partial charge is 0.507 e. The number of pyridine rings is 1. The van der Waals surface area contributed by atoms with Gasteiger partial charge in [-0.25, -0.2) is 0 Å². The van der Waals surface area contributed by atoms with Crippen molar-refractivity contribution in [2.45, 2.75) is 31.6 Å². The molecule has 0 aliphatic heterocycles. The maximum absolute atomic E-state index is 12.9. The van der Waals surface area contributed by atoms with Gasteiger partial charge in [0.2, 0.25) is 5.12 Å². The molecule has 30 heavy (non-hydrogen) atoms. The number of benzene rings is 3. The Morgan fingerprint density at radius 1 is 0.933 bits per heavy atom. The highest BCUT2D eigenvalue weighted by molar-refractivity contribution is 8.14. The molecule has 0 spiro atoms. The summed E-state index contributed by atoms with van der Waals surface area (Å²) in [4.78, 5) is 18.3. The predicted octanol–water partition coefficient (Wildman–Crippen LogP) is 6.27. The molecule has 0 aliphatic carbocycles. The number of thioether (sulfide) groups is 1. The highest BCUT2D eigenvalue weighted by Crippen LogP contribution is 2.28. The molecule has 0 fully saturated rings. The van der Waals surface area contributed by atoms with Crippen molar-refractivity contribution < 1.29 is 9.90 Å². The third-order valence-corrected chi connectivity index (χ3v) is 6.16. The summed E-state index contributed by atoms with van der Waals surface area (Å²) in [6, 6.07) is 21.6. The number of aryl methyl sites for hydroxylation is 4. The fourth-order valence-corrected chi connectivity index (χ4v) is 4.45. The van der Waals surface area contributed by atoms with Crippen LogP contribution in [-0.4, -0.2) is 15.2 Å². The van der Waals surface area contributed by atoms with E-state index < -0.39 is 0 Å². The van der Waals surface area contributed by atoms with E-state index in [-0.39, 0.29) is 5.12 Å². The van der Waals surface area contributed by atoms with Gasteiger partial charge in [0.25, 0.3) is 0 Å². The van der Waals surface area contributed by atoms with Crippen LogP contribution >= 0.6 is 11.8 Å². The van der Waals surface area contributed by atoms with Crippen LogP contribution in [0.4, 0.5) is 0 Å². The Morgan fingerprint density at radius 2 is 1.67 bits per heavy atom. The number of aromatic nitrogens is 1. The molecule has 0 amide bonds. The second-order valence-corrected chi connectivity index (χ2v) is 8.53. The molecule has 1 heterocycles. The summed E-state index contributed by atoms with van der Waals surface area (Å²) in [7, 11) is 0. The van der Waals surface area contributed by atoms with E-state index in [2.05, 4.69) is 11.1 Å². The van der Waals surface area contributed by atoms with Gasteiger partial charge in [0, 0.05) is 22.0 Å². The van der Waals surface area contributed by atoms with E-state index in [1.165, 1.54) is 17.3 Å². The fraction of sp³-hybridized carbons (Fsp3) is 0.154. The Labute approximate surface area is 180 Å². The number of carbonyl (C=O) groups is 1. The topological polar surface area (TPSA) is 50.2 Å². The fourth-order valence-electron chi connectivity index (χ4n) is 3.71. The van der Waals surface area contributed by atoms with Crippen LogP contribution in [0, 0.1) is 13.8 Å². The molecule has 0 unspecified atom stereocenters. The minimum atomic E-state index is 0.0197. The first kappa shape index (κ1) is 20.2. The van der Waals surface area contributed by atoms with Crippen LogP contribution in [0.5, 0.6) is 5.75 Å². The van der Waals surface area contributed by atoms with Crippen LogP contribution in [0.15, 0.2) is 77.8 Å². The number of phenolic OH excluding ortho intramolecular Hbond substituents is 1. The summed E-state index contributed by atoms with van der Waals surface area (Å²) in [6.45, 7) is 3.84. The highest BCUT2D eigenvalue weighted by Gasteiger charge is 2.13. The molecule has 0 bridgehead atoms. The molecular formula is C26H23NO2S. The van der Waals surface area contributed by atoms with E-state index in [1.807, 2.05) is 74.5 Å². The first-order valence-corrected chi connectivity index (χ1v) is 10.8. The quantitative estimate of drug-likeness (QED) is 0.392. The number of fused-ring (bicyclic) bond motifs is 1. The molecule has 3 nitrogen and oxygen atoms in total. The molecule has 1 N–H and O–H groups in total. The zero-order valence-electron chi connectivity index (χ0n) is 17.1. The maximum atomic E-state index is 12.9. The lowest BCUT2D eigenvalue weighted by Crippen LogP contribution is -2.00. The van der Waals surface area contributed by atoms with E-state index >= 15 is 0 Å². The number of hydrogen-bond acceptors (Lipinski definition) is 4. The smallest absolute Gasteiger partial charge is 0.224 e. The van der Waals surface area contributed by atoms with Gasteiger partial charge in [-0.3, -0.25) is 9.78 Å². The SMILES string of the molecule is Cc1cc(CCc2cc(C(=O)Sc3ccccc3)cc3ncccc23)cc(C)c1O. The third kappa shape index (κ3) is 4.39. The number of phenols is 1. The van der Waals surface area contributed by atoms with Crippen molar-refractivity contribution in [3.63, 3.8) is 0 Å². The van der Waals surface area contributed by atoms with Crippen LogP contribution < -0.4 is 0 Å². The van der Waals surface area contributed by atoms with Crippen LogP contribution in [-0.2, 0) is 12.8 Å². The molecule has 0 atom stereocenters. The van der Waals surface area contributed by atoms with E-state index in [4.69, 9.17) is 0 Å². The lowest BCUT2D eigenvalue weighted by Gasteiger charge is -2.11. The molecule has 4 aromatic rings. The van der Waals surface area contributed by atoms with Gasteiger partial charge in [-0.15, -0.1) is 0 Å². The molecule has 150 valence electrons. The van der Waals surface area contributed by atoms with Crippen LogP contribution in [0.2, 0.25) is 0 Å². The van der Waals surface area contributed by atoms with Gasteiger partial charge >= 0.3 is 0 Å². The lowest BCUT2D eigenvalue weighted by molar-refractivity contribution is 0.108. The minimum Gasteiger partial charge on any atom is -0.507 e. The molecule has 0 saturated heterocycles. The second kappa shape index (κ2) is 8.72. The predicted molar refractivity (Wildman–Crippen MR) is 123 cm³/mol. The minimum absolute atomic E-state index is 0.0197. The monoisotopic (exact) mass is 413 g/mol. The molecule has 3 aromatic carbocycles. The molecule has 4 heteroatoms. The Hall–Kier alpha value is -3.11. The summed E-state index contributed by atoms with van der Waals surface area (Å²) in [5, 5.41) is 11.1. The Kier molecular flexibility index (Phi) is 5.86. The summed E-state index contributed by atoms with van der Waals surface area (Å²) in [5.74, 6) is 0.360. The standard InChI is InChI=1S/C26H23NO2S/c1-17-13-19(14-18(2)25(17)28)10-11-20-15-21(16-24-23(20)9-6-12-27-24)26(29)30-22-7-4-3-5-8-22/h3-9,12-16,28H,10-11H2,1-2H3. The molecule has 0 aliphatic rings. The number of aromatic hydroxyl groups is 1. The second-order valence-electron chi connectivity index (χ2n) is 7.49. The van der Waals surface area contributed by atoms with Crippen molar-refractivity contribution in [3.8, 4) is 5.75 Å². The van der Waals surface area contributed by atoms with Crippen molar-refractivity contribution in [2.24, 2.45) is 0 Å². The van der Waals surface area contributed by atoms with E-state index in [9.17, 15) is 9.90 Å². The lowest BCUT2D eigenvalue weighted by atomic mass is 9.96. The molecule has 0 radical (unpaired) electrons. The number of hydrogen-bond donors (Lipinski definition) is 1. The summed E-state index contributed by atoms with van der Waals surface area (Å²) >= 11 is 1.24. The maximum Gasteiger partial charge on any atom is 0.224 e. The van der Waals surface area contributed by atoms with E-state index in [0.717, 1.165) is 45.3 Å². The Bertz CT molecular complexity index is 1200. The van der Waals surface area contributed by atoms with Gasteiger partial charge < -0.3 is 5.11 Å². The van der Waals surface area contributed by atoms with Crippen molar-refractivity contribution >= 4 is 27.8 Å². The third-order valence-electron chi connectivity index (χ3n) is 5.23. The first-order chi connectivity index (χ1) is 14.5. The van der Waals surface area contributed by atoms with Crippen LogP contribution in [0.3, 0.4) is 0 Å². The van der Waals surface area contributed by atoms with E-state index in [0.29, 0.717) is 11.3 Å². The van der Waals surface area contributed by atoms with Gasteiger partial charge in [-0.2, -0.15) is 0 Å². The van der Waals surface area contributed by atoms with Crippen molar-refractivity contribution in [1.29, 1.82) is 0 Å². The molecule has 1 aromatic heterocycles. The van der Waals surface area contributed by atoms with Crippen molar-refractivity contribution in [2.75, 3.05) is 0 Å². The Morgan fingerprint density at radius 3 is 2.40 bits per heavy atom. The van der Waals surface area contributed by atoms with Crippen molar-refractivity contribution in [3.05, 3.63) is 101 Å². The molecular weight excluding hydrogens is 390 g/mol. The van der Waals surface area contributed by atoms with Gasteiger partial charge in [-0.05, 0) is 91.0 Å². The van der Waals surface area contributed by atoms with Gasteiger partial charge in [0.1, 0.15) is 5.75 Å². The normalized spacial score (nSPS) is 11.0. The summed E-state index contributed by atoms with van der Waals surface area (Å²) in [6.07, 6.45) is 3.38. The molecule has 4 rings (SSSR count). The summed E-state index contributed by atoms with van der Waals surface area (Å²) < 4.78 is 0. The Balaban J connectivity index is 1.64. The average molecular weight is 414 g/mol. The average Bonchev–Trinajstić information content (AvgIpc) is 2.76. The zero-order chi connectivity index (χ0) is 21.1. The molecule has 0 saturated carbocycles. The van der Waals surface area contributed by atoms with Gasteiger partial charge in [0.05, 0.1) is 5.52 Å². The zero-order valence-corrected chi connectivity index (χ0v) is 17.9. The van der Waals surface area contributed by atoms with E-state index in [1.54, 1.807) is 6.20 Å². The van der Waals surface area contributed by atoms with Crippen molar-refractivity contribution in [1.82, 2.24) is 4.98 Å². The van der Waals surface area contributed by atoms with Crippen LogP contribution in [0.25, 0.3) is 10.9 Å². The highest BCUT2D eigenvalue weighted by atomic mass is 32.2. The first-order valence-electron chi connectivity index (χ1n) is 9.95. The number of rotatable bonds is 5. The van der Waals surface area contributed by atoms with Crippen LogP contribution in [0.1, 0.15) is 32.6 Å².